The molecule has 0 unspecified atom stereocenters. The summed E-state index contributed by atoms with van der Waals surface area (Å²) >= 11 is 1.69. The third kappa shape index (κ3) is 5.24. The molecular formula is C22H25N3O3S2. The van der Waals surface area contributed by atoms with Crippen molar-refractivity contribution in [2.75, 3.05) is 24.2 Å². The first-order valence-corrected chi connectivity index (χ1v) is 12.6. The molecule has 1 fully saturated rings. The topological polar surface area (TPSA) is 79.4 Å². The van der Waals surface area contributed by atoms with Gasteiger partial charge in [-0.05, 0) is 49.1 Å². The maximum atomic E-state index is 12.2. The molecule has 2 aromatic carbocycles. The number of benzene rings is 2. The number of para-hydroxylation sites is 1. The SMILES string of the molecule is O=C(CCCS(=O)(=O)N1CCCC1)Nc1ccc(Cc2nc3ccccc3s2)cc1. The van der Waals surface area contributed by atoms with Gasteiger partial charge in [0.2, 0.25) is 15.9 Å². The summed E-state index contributed by atoms with van der Waals surface area (Å²) in [5.41, 5.74) is 2.87. The lowest BCUT2D eigenvalue weighted by Crippen LogP contribution is -2.30. The summed E-state index contributed by atoms with van der Waals surface area (Å²) in [5.74, 6) is -0.132. The summed E-state index contributed by atoms with van der Waals surface area (Å²) in [6.07, 6.45) is 3.13. The Hall–Kier alpha value is -2.29. The molecule has 8 heteroatoms. The van der Waals surface area contributed by atoms with Crippen LogP contribution >= 0.6 is 11.3 Å². The van der Waals surface area contributed by atoms with Crippen LogP contribution in [-0.2, 0) is 21.2 Å². The molecule has 3 aromatic rings. The highest BCUT2D eigenvalue weighted by Gasteiger charge is 2.24. The molecule has 2 heterocycles. The predicted molar refractivity (Wildman–Crippen MR) is 121 cm³/mol. The lowest BCUT2D eigenvalue weighted by Gasteiger charge is -2.15. The maximum absolute atomic E-state index is 12.2. The summed E-state index contributed by atoms with van der Waals surface area (Å²) < 4.78 is 27.1. The second kappa shape index (κ2) is 9.24. The summed E-state index contributed by atoms with van der Waals surface area (Å²) in [4.78, 5) is 16.8. The van der Waals surface area contributed by atoms with Crippen molar-refractivity contribution in [3.8, 4) is 0 Å². The highest BCUT2D eigenvalue weighted by atomic mass is 32.2. The van der Waals surface area contributed by atoms with Crippen molar-refractivity contribution >= 4 is 43.2 Å². The van der Waals surface area contributed by atoms with E-state index in [1.54, 1.807) is 11.3 Å². The minimum atomic E-state index is -3.23. The number of sulfonamides is 1. The van der Waals surface area contributed by atoms with Crippen LogP contribution in [0.4, 0.5) is 5.69 Å². The van der Waals surface area contributed by atoms with Crippen LogP contribution in [0.2, 0.25) is 0 Å². The van der Waals surface area contributed by atoms with Crippen molar-refractivity contribution in [2.45, 2.75) is 32.1 Å². The number of nitrogens with zero attached hydrogens (tertiary/aromatic N) is 2. The smallest absolute Gasteiger partial charge is 0.224 e. The monoisotopic (exact) mass is 443 g/mol. The second-order valence-electron chi connectivity index (χ2n) is 7.52. The van der Waals surface area contributed by atoms with Gasteiger partial charge >= 0.3 is 0 Å². The van der Waals surface area contributed by atoms with Crippen LogP contribution in [0.25, 0.3) is 10.2 Å². The first-order chi connectivity index (χ1) is 14.5. The molecule has 1 saturated heterocycles. The van der Waals surface area contributed by atoms with Crippen LogP contribution in [0.15, 0.2) is 48.5 Å². The van der Waals surface area contributed by atoms with Gasteiger partial charge in [0.1, 0.15) is 0 Å². The van der Waals surface area contributed by atoms with Gasteiger partial charge in [0, 0.05) is 31.6 Å². The number of carbonyl (C=O) groups excluding carboxylic acids is 1. The third-order valence-corrected chi connectivity index (χ3v) is 8.19. The fraction of sp³-hybridized carbons (Fsp3) is 0.364. The van der Waals surface area contributed by atoms with E-state index in [0.717, 1.165) is 41.0 Å². The molecule has 1 amide bonds. The summed E-state index contributed by atoms with van der Waals surface area (Å²) in [6, 6.07) is 15.8. The van der Waals surface area contributed by atoms with E-state index in [4.69, 9.17) is 0 Å². The molecule has 1 aromatic heterocycles. The molecule has 30 heavy (non-hydrogen) atoms. The van der Waals surface area contributed by atoms with Crippen LogP contribution in [0.5, 0.6) is 0 Å². The van der Waals surface area contributed by atoms with E-state index >= 15 is 0 Å². The minimum Gasteiger partial charge on any atom is -0.326 e. The number of amides is 1. The largest absolute Gasteiger partial charge is 0.326 e. The molecule has 0 spiro atoms. The Morgan fingerprint density at radius 1 is 1.07 bits per heavy atom. The summed E-state index contributed by atoms with van der Waals surface area (Å²) in [6.45, 7) is 1.22. The number of hydrogen-bond donors (Lipinski definition) is 1. The Kier molecular flexibility index (Phi) is 6.46. The maximum Gasteiger partial charge on any atom is 0.224 e. The number of aromatic nitrogens is 1. The van der Waals surface area contributed by atoms with Crippen molar-refractivity contribution < 1.29 is 13.2 Å². The highest BCUT2D eigenvalue weighted by Crippen LogP contribution is 2.24. The zero-order valence-electron chi connectivity index (χ0n) is 16.7. The van der Waals surface area contributed by atoms with Crippen LogP contribution in [0.3, 0.4) is 0 Å². The Bertz CT molecular complexity index is 1080. The third-order valence-electron chi connectivity index (χ3n) is 5.20. The molecule has 0 bridgehead atoms. The Balaban J connectivity index is 1.26. The molecule has 158 valence electrons. The average Bonchev–Trinajstić information content (AvgIpc) is 3.39. The van der Waals surface area contributed by atoms with Crippen LogP contribution in [-0.4, -0.2) is 42.5 Å². The van der Waals surface area contributed by atoms with E-state index in [2.05, 4.69) is 16.4 Å². The van der Waals surface area contributed by atoms with Crippen molar-refractivity contribution in [1.82, 2.24) is 9.29 Å². The number of hydrogen-bond acceptors (Lipinski definition) is 5. The zero-order valence-corrected chi connectivity index (χ0v) is 18.3. The Morgan fingerprint density at radius 2 is 1.80 bits per heavy atom. The van der Waals surface area contributed by atoms with Gasteiger partial charge in [-0.1, -0.05) is 24.3 Å². The molecular weight excluding hydrogens is 418 g/mol. The number of carbonyl (C=O) groups is 1. The normalized spacial score (nSPS) is 14.9. The lowest BCUT2D eigenvalue weighted by atomic mass is 10.1. The van der Waals surface area contributed by atoms with Crippen LogP contribution in [0, 0.1) is 0 Å². The second-order valence-corrected chi connectivity index (χ2v) is 10.7. The minimum absolute atomic E-state index is 0.0293. The van der Waals surface area contributed by atoms with Gasteiger partial charge in [0.05, 0.1) is 21.0 Å². The number of fused-ring (bicyclic) bond motifs is 1. The van der Waals surface area contributed by atoms with E-state index in [9.17, 15) is 13.2 Å². The molecule has 1 N–H and O–H groups in total. The fourth-order valence-electron chi connectivity index (χ4n) is 3.61. The number of rotatable bonds is 8. The molecule has 6 nitrogen and oxygen atoms in total. The van der Waals surface area contributed by atoms with E-state index in [1.165, 1.54) is 9.01 Å². The van der Waals surface area contributed by atoms with Gasteiger partial charge in [-0.15, -0.1) is 11.3 Å². The van der Waals surface area contributed by atoms with Gasteiger partial charge in [-0.25, -0.2) is 17.7 Å². The molecule has 0 aliphatic carbocycles. The molecule has 1 aliphatic heterocycles. The van der Waals surface area contributed by atoms with Gasteiger partial charge in [0.15, 0.2) is 0 Å². The van der Waals surface area contributed by atoms with Gasteiger partial charge < -0.3 is 5.32 Å². The first-order valence-electron chi connectivity index (χ1n) is 10.2. The lowest BCUT2D eigenvalue weighted by molar-refractivity contribution is -0.116. The average molecular weight is 444 g/mol. The van der Waals surface area contributed by atoms with E-state index < -0.39 is 10.0 Å². The molecule has 4 rings (SSSR count). The first kappa shape index (κ1) is 21.0. The van der Waals surface area contributed by atoms with Gasteiger partial charge in [-0.3, -0.25) is 4.79 Å². The Morgan fingerprint density at radius 3 is 2.53 bits per heavy atom. The van der Waals surface area contributed by atoms with E-state index in [0.29, 0.717) is 19.5 Å². The standard InChI is InChI=1S/C22H25N3O3S2/c26-21(8-5-15-30(27,28)25-13-3-4-14-25)23-18-11-9-17(10-12-18)16-22-24-19-6-1-2-7-20(19)29-22/h1-2,6-7,9-12H,3-5,8,13-16H2,(H,23,26). The quantitative estimate of drug-likeness (QED) is 0.570. The molecule has 0 atom stereocenters. The molecule has 0 saturated carbocycles. The van der Waals surface area contributed by atoms with Gasteiger partial charge in [0.25, 0.3) is 0 Å². The highest BCUT2D eigenvalue weighted by molar-refractivity contribution is 7.89. The zero-order chi connectivity index (χ0) is 21.0. The number of thiazole rings is 1. The van der Waals surface area contributed by atoms with Crippen molar-refractivity contribution in [2.24, 2.45) is 0 Å². The predicted octanol–water partition coefficient (Wildman–Crippen LogP) is 4.03. The Labute approximate surface area is 181 Å². The van der Waals surface area contributed by atoms with E-state index in [1.807, 2.05) is 42.5 Å². The van der Waals surface area contributed by atoms with E-state index in [-0.39, 0.29) is 18.1 Å². The van der Waals surface area contributed by atoms with Crippen molar-refractivity contribution in [1.29, 1.82) is 0 Å². The van der Waals surface area contributed by atoms with Crippen molar-refractivity contribution in [3.63, 3.8) is 0 Å². The van der Waals surface area contributed by atoms with Gasteiger partial charge in [-0.2, -0.15) is 0 Å². The van der Waals surface area contributed by atoms with Crippen LogP contribution < -0.4 is 5.32 Å². The van der Waals surface area contributed by atoms with Crippen molar-refractivity contribution in [3.05, 3.63) is 59.1 Å². The molecule has 1 aliphatic rings. The summed E-state index contributed by atoms with van der Waals surface area (Å²) in [7, 11) is -3.23. The fourth-order valence-corrected chi connectivity index (χ4v) is 6.19. The summed E-state index contributed by atoms with van der Waals surface area (Å²) in [5, 5.41) is 3.91. The molecule has 0 radical (unpaired) electrons. The van der Waals surface area contributed by atoms with Crippen LogP contribution in [0.1, 0.15) is 36.3 Å². The number of anilines is 1. The number of nitrogens with one attached hydrogen (secondary N) is 1.